The number of anilines is 1. The molecule has 14 heavy (non-hydrogen) atoms. The molecule has 1 aromatic rings. The Morgan fingerprint density at radius 2 is 1.86 bits per heavy atom. The van der Waals surface area contributed by atoms with Gasteiger partial charge in [0, 0.05) is 24.3 Å². The van der Waals surface area contributed by atoms with E-state index in [0.29, 0.717) is 24.3 Å². The molecule has 0 spiro atoms. The molecule has 1 rings (SSSR count). The van der Waals surface area contributed by atoms with Crippen LogP contribution in [0.1, 0.15) is 10.4 Å². The van der Waals surface area contributed by atoms with Crippen LogP contribution in [0.2, 0.25) is 0 Å². The van der Waals surface area contributed by atoms with Crippen molar-refractivity contribution in [1.82, 2.24) is 5.32 Å². The third-order valence-corrected chi connectivity index (χ3v) is 1.60. The van der Waals surface area contributed by atoms with Gasteiger partial charge in [0.15, 0.2) is 0 Å². The van der Waals surface area contributed by atoms with Gasteiger partial charge in [0.25, 0.3) is 5.91 Å². The first-order valence-electron chi connectivity index (χ1n) is 4.08. The highest BCUT2D eigenvalue weighted by Crippen LogP contribution is 2.04. The molecule has 0 bridgehead atoms. The Hall–Kier alpha value is -1.26. The first kappa shape index (κ1) is 12.7. The van der Waals surface area contributed by atoms with E-state index in [-0.39, 0.29) is 18.3 Å². The summed E-state index contributed by atoms with van der Waals surface area (Å²) in [5, 5.41) is 2.66. The van der Waals surface area contributed by atoms with Gasteiger partial charge in [-0.1, -0.05) is 0 Å². The number of hydrogen-bond acceptors (Lipinski definition) is 3. The highest BCUT2D eigenvalue weighted by Gasteiger charge is 2.02. The van der Waals surface area contributed by atoms with Crippen molar-refractivity contribution in [2.24, 2.45) is 5.73 Å². The summed E-state index contributed by atoms with van der Waals surface area (Å²) < 4.78 is 0. The number of nitrogen functional groups attached to an aromatic ring is 1. The minimum atomic E-state index is -0.120. The lowest BCUT2D eigenvalue weighted by molar-refractivity contribution is 0.0955. The molecule has 1 amide bonds. The van der Waals surface area contributed by atoms with E-state index < -0.39 is 0 Å². The van der Waals surface area contributed by atoms with Gasteiger partial charge in [-0.05, 0) is 24.3 Å². The molecule has 0 aliphatic heterocycles. The van der Waals surface area contributed by atoms with E-state index in [9.17, 15) is 4.79 Å². The van der Waals surface area contributed by atoms with Crippen molar-refractivity contribution in [2.45, 2.75) is 0 Å². The predicted octanol–water partition coefficient (Wildman–Crippen LogP) is 0.379. The largest absolute Gasteiger partial charge is 0.399 e. The van der Waals surface area contributed by atoms with E-state index >= 15 is 0 Å². The Labute approximate surface area is 89.1 Å². The number of carbonyl (C=O) groups excluding carboxylic acids is 1. The zero-order valence-corrected chi connectivity index (χ0v) is 8.51. The standard InChI is InChI=1S/C9H13N3O.ClH/c10-5-6-12-9(13)7-1-3-8(11)4-2-7;/h1-4H,5-6,10-11H2,(H,12,13);1H. The van der Waals surface area contributed by atoms with Crippen LogP contribution in [0.15, 0.2) is 24.3 Å². The maximum atomic E-state index is 11.3. The Kier molecular flexibility index (Phi) is 5.67. The van der Waals surface area contributed by atoms with Gasteiger partial charge in [-0.25, -0.2) is 0 Å². The Morgan fingerprint density at radius 1 is 1.29 bits per heavy atom. The maximum absolute atomic E-state index is 11.3. The topological polar surface area (TPSA) is 81.1 Å². The summed E-state index contributed by atoms with van der Waals surface area (Å²) in [6, 6.07) is 6.75. The Morgan fingerprint density at radius 3 is 2.36 bits per heavy atom. The smallest absolute Gasteiger partial charge is 0.251 e. The second-order valence-electron chi connectivity index (χ2n) is 2.67. The molecule has 0 heterocycles. The van der Waals surface area contributed by atoms with E-state index in [1.807, 2.05) is 0 Å². The Balaban J connectivity index is 0.00000169. The molecule has 0 unspecified atom stereocenters. The molecule has 0 saturated carbocycles. The van der Waals surface area contributed by atoms with Crippen LogP contribution >= 0.6 is 12.4 Å². The minimum Gasteiger partial charge on any atom is -0.399 e. The fourth-order valence-electron chi connectivity index (χ4n) is 0.922. The summed E-state index contributed by atoms with van der Waals surface area (Å²) in [4.78, 5) is 11.3. The number of carbonyl (C=O) groups is 1. The molecule has 78 valence electrons. The van der Waals surface area contributed by atoms with Crippen molar-refractivity contribution in [3.8, 4) is 0 Å². The molecule has 0 aliphatic rings. The SMILES string of the molecule is Cl.NCCNC(=O)c1ccc(N)cc1. The van der Waals surface area contributed by atoms with Gasteiger partial charge in [0.2, 0.25) is 0 Å². The summed E-state index contributed by atoms with van der Waals surface area (Å²) in [6.45, 7) is 0.934. The first-order valence-corrected chi connectivity index (χ1v) is 4.08. The number of benzene rings is 1. The lowest BCUT2D eigenvalue weighted by Gasteiger charge is -2.02. The summed E-state index contributed by atoms with van der Waals surface area (Å²) in [6.07, 6.45) is 0. The number of nitrogens with two attached hydrogens (primary N) is 2. The Bertz CT molecular complexity index is 287. The van der Waals surface area contributed by atoms with Gasteiger partial charge >= 0.3 is 0 Å². The second-order valence-corrected chi connectivity index (χ2v) is 2.67. The third-order valence-electron chi connectivity index (χ3n) is 1.60. The molecule has 1 aromatic carbocycles. The van der Waals surface area contributed by atoms with Crippen LogP contribution < -0.4 is 16.8 Å². The molecular weight excluding hydrogens is 202 g/mol. The molecule has 0 radical (unpaired) electrons. The maximum Gasteiger partial charge on any atom is 0.251 e. The number of hydrogen-bond donors (Lipinski definition) is 3. The minimum absolute atomic E-state index is 0. The average molecular weight is 216 g/mol. The van der Waals surface area contributed by atoms with Gasteiger partial charge in [-0.2, -0.15) is 0 Å². The number of rotatable bonds is 3. The fraction of sp³-hybridized carbons (Fsp3) is 0.222. The van der Waals surface area contributed by atoms with E-state index in [1.165, 1.54) is 0 Å². The van der Waals surface area contributed by atoms with E-state index in [0.717, 1.165) is 0 Å². The fourth-order valence-corrected chi connectivity index (χ4v) is 0.922. The van der Waals surface area contributed by atoms with Crippen LogP contribution in [0.3, 0.4) is 0 Å². The van der Waals surface area contributed by atoms with Crippen LogP contribution in [0, 0.1) is 0 Å². The van der Waals surface area contributed by atoms with Crippen molar-refractivity contribution in [3.63, 3.8) is 0 Å². The molecule has 0 fully saturated rings. The van der Waals surface area contributed by atoms with Gasteiger partial charge in [-0.15, -0.1) is 12.4 Å². The highest BCUT2D eigenvalue weighted by molar-refractivity contribution is 5.94. The lowest BCUT2D eigenvalue weighted by atomic mass is 10.2. The normalized spacial score (nSPS) is 8.93. The second kappa shape index (κ2) is 6.23. The first-order chi connectivity index (χ1) is 6.24. The zero-order chi connectivity index (χ0) is 9.68. The van der Waals surface area contributed by atoms with Crippen molar-refractivity contribution in [1.29, 1.82) is 0 Å². The molecular formula is C9H14ClN3O. The molecule has 4 nitrogen and oxygen atoms in total. The van der Waals surface area contributed by atoms with Crippen LogP contribution in [0.25, 0.3) is 0 Å². The summed E-state index contributed by atoms with van der Waals surface area (Å²) in [7, 11) is 0. The number of nitrogens with one attached hydrogen (secondary N) is 1. The monoisotopic (exact) mass is 215 g/mol. The van der Waals surface area contributed by atoms with Crippen molar-refractivity contribution in [2.75, 3.05) is 18.8 Å². The number of amides is 1. The molecule has 5 N–H and O–H groups in total. The highest BCUT2D eigenvalue weighted by atomic mass is 35.5. The zero-order valence-electron chi connectivity index (χ0n) is 7.69. The van der Waals surface area contributed by atoms with Crippen LogP contribution in [0.5, 0.6) is 0 Å². The van der Waals surface area contributed by atoms with E-state index in [4.69, 9.17) is 11.5 Å². The van der Waals surface area contributed by atoms with Crippen molar-refractivity contribution in [3.05, 3.63) is 29.8 Å². The number of halogens is 1. The van der Waals surface area contributed by atoms with Crippen molar-refractivity contribution >= 4 is 24.0 Å². The molecule has 5 heteroatoms. The molecule has 0 saturated heterocycles. The summed E-state index contributed by atoms with van der Waals surface area (Å²) in [5.41, 5.74) is 12.0. The quantitative estimate of drug-likeness (QED) is 0.638. The van der Waals surface area contributed by atoms with Gasteiger partial charge in [0.05, 0.1) is 0 Å². The van der Waals surface area contributed by atoms with Gasteiger partial charge in [0.1, 0.15) is 0 Å². The van der Waals surface area contributed by atoms with Crippen LogP contribution in [-0.4, -0.2) is 19.0 Å². The molecule has 0 atom stereocenters. The van der Waals surface area contributed by atoms with Crippen LogP contribution in [0.4, 0.5) is 5.69 Å². The van der Waals surface area contributed by atoms with Gasteiger partial charge < -0.3 is 16.8 Å². The molecule has 0 aromatic heterocycles. The van der Waals surface area contributed by atoms with Gasteiger partial charge in [-0.3, -0.25) is 4.79 Å². The average Bonchev–Trinajstić information content (AvgIpc) is 2.15. The van der Waals surface area contributed by atoms with Crippen molar-refractivity contribution < 1.29 is 4.79 Å². The summed E-state index contributed by atoms with van der Waals surface area (Å²) >= 11 is 0. The van der Waals surface area contributed by atoms with E-state index in [1.54, 1.807) is 24.3 Å². The van der Waals surface area contributed by atoms with Crippen LogP contribution in [-0.2, 0) is 0 Å². The lowest BCUT2D eigenvalue weighted by Crippen LogP contribution is -2.28. The van der Waals surface area contributed by atoms with E-state index in [2.05, 4.69) is 5.32 Å². The third kappa shape index (κ3) is 3.64. The molecule has 0 aliphatic carbocycles. The predicted molar refractivity (Wildman–Crippen MR) is 59.5 cm³/mol. The summed E-state index contributed by atoms with van der Waals surface area (Å²) in [5.74, 6) is -0.120.